The van der Waals surface area contributed by atoms with Gasteiger partial charge in [-0.1, -0.05) is 45.6 Å². The van der Waals surface area contributed by atoms with Gasteiger partial charge in [-0.3, -0.25) is 19.5 Å². The van der Waals surface area contributed by atoms with E-state index in [0.717, 1.165) is 41.4 Å². The smallest absolute Gasteiger partial charge is 0.303 e. The molecule has 1 saturated heterocycles. The number of carbonyl (C=O) groups is 2. The van der Waals surface area contributed by atoms with E-state index in [0.29, 0.717) is 37.0 Å². The van der Waals surface area contributed by atoms with Crippen molar-refractivity contribution >= 4 is 55.5 Å². The number of amidine groups is 1. The molecule has 0 bridgehead atoms. The van der Waals surface area contributed by atoms with Crippen molar-refractivity contribution in [3.05, 3.63) is 39.9 Å². The molecule has 14 heteroatoms. The Hall–Kier alpha value is -2.65. The Morgan fingerprint density at radius 3 is 2.15 bits per heavy atom. The molecule has 1 fully saturated rings. The summed E-state index contributed by atoms with van der Waals surface area (Å²) in [6.45, 7) is 29.4. The number of anilines is 1. The number of amides is 1. The van der Waals surface area contributed by atoms with Crippen molar-refractivity contribution in [2.45, 2.75) is 112 Å². The van der Waals surface area contributed by atoms with Gasteiger partial charge in [-0.05, 0) is 84.0 Å². The van der Waals surface area contributed by atoms with Gasteiger partial charge in [-0.25, -0.2) is 13.4 Å². The van der Waals surface area contributed by atoms with E-state index in [-0.39, 0.29) is 33.6 Å². The first-order valence-corrected chi connectivity index (χ1v) is 19.8. The number of piperazine rings is 1. The molecule has 1 aliphatic heterocycles. The zero-order valence-electron chi connectivity index (χ0n) is 31.0. The maximum atomic E-state index is 13.4. The monoisotopic (exact) mass is 726 g/mol. The van der Waals surface area contributed by atoms with Gasteiger partial charge >= 0.3 is 5.97 Å². The van der Waals surface area contributed by atoms with Gasteiger partial charge in [0.1, 0.15) is 11.4 Å². The maximum Gasteiger partial charge on any atom is 0.303 e. The topological polar surface area (TPSA) is 133 Å². The number of carbonyl (C=O) groups excluding carboxylic acids is 2. The fourth-order valence-corrected chi connectivity index (χ4v) is 8.88. The largest absolute Gasteiger partial charge is 0.460 e. The Bertz CT molecular complexity index is 1460. The van der Waals surface area contributed by atoms with E-state index in [1.54, 1.807) is 24.5 Å². The Labute approximate surface area is 297 Å². The molecule has 0 saturated carbocycles. The molecule has 0 aliphatic carbocycles. The first-order valence-electron chi connectivity index (χ1n) is 16.6. The number of rotatable bonds is 11. The highest BCUT2D eigenvalue weighted by Gasteiger charge is 2.32. The summed E-state index contributed by atoms with van der Waals surface area (Å²) in [5.74, 6) is 0.365. The summed E-state index contributed by atoms with van der Waals surface area (Å²) in [4.78, 5) is 35.3. The van der Waals surface area contributed by atoms with Crippen molar-refractivity contribution in [2.24, 2.45) is 10.9 Å². The number of aromatic nitrogens is 1. The number of sulfonamides is 1. The Balaban J connectivity index is 0.00000101. The third kappa shape index (κ3) is 13.3. The molecular formula is C34H58N6O5S3. The number of hydrogen-bond acceptors (Lipinski definition) is 10. The van der Waals surface area contributed by atoms with Gasteiger partial charge in [0.25, 0.3) is 10.0 Å². The zero-order chi connectivity index (χ0) is 36.8. The summed E-state index contributed by atoms with van der Waals surface area (Å²) in [6.07, 6.45) is 3.10. The van der Waals surface area contributed by atoms with E-state index in [1.807, 2.05) is 48.5 Å². The fraction of sp³-hybridized carbons (Fsp3) is 0.647. The molecule has 3 rings (SSSR count). The number of esters is 1. The van der Waals surface area contributed by atoms with Crippen LogP contribution in [0, 0.1) is 26.7 Å². The second-order valence-corrected chi connectivity index (χ2v) is 16.4. The van der Waals surface area contributed by atoms with Gasteiger partial charge in [0, 0.05) is 45.6 Å². The summed E-state index contributed by atoms with van der Waals surface area (Å²) in [6, 6.07) is 0.0207. The molecule has 2 aromatic heterocycles. The highest BCUT2D eigenvalue weighted by atomic mass is 32.2. The first kappa shape index (κ1) is 43.4. The number of hydrogen-bond donors (Lipinski definition) is 2. The van der Waals surface area contributed by atoms with Crippen LogP contribution in [0.25, 0.3) is 0 Å². The SMILES string of the molecule is C=CNC(=N[C@@H](C)CN1CCN(S(=O)(=O)c2sc(NC(=O)C(CC)CC)nc2C)CC1)c1scc(C)c1C.CC.CC(=O)OC(C)(C)C. The number of nitrogens with zero attached hydrogens (tertiary/aromatic N) is 4. The quantitative estimate of drug-likeness (QED) is 0.148. The molecule has 0 spiro atoms. The first-order chi connectivity index (χ1) is 22.4. The van der Waals surface area contributed by atoms with E-state index in [1.165, 1.54) is 22.4 Å². The van der Waals surface area contributed by atoms with Crippen LogP contribution in [-0.2, 0) is 24.3 Å². The van der Waals surface area contributed by atoms with E-state index in [4.69, 9.17) is 9.73 Å². The number of nitrogens with one attached hydrogen (secondary N) is 2. The highest BCUT2D eigenvalue weighted by Crippen LogP contribution is 2.31. The van der Waals surface area contributed by atoms with Gasteiger partial charge in [0.05, 0.1) is 16.6 Å². The van der Waals surface area contributed by atoms with Crippen LogP contribution in [0.1, 0.15) is 96.9 Å². The van der Waals surface area contributed by atoms with Crippen molar-refractivity contribution in [3.63, 3.8) is 0 Å². The lowest BCUT2D eigenvalue weighted by atomic mass is 10.0. The van der Waals surface area contributed by atoms with Gasteiger partial charge in [0.15, 0.2) is 9.34 Å². The third-order valence-corrected chi connectivity index (χ3v) is 12.1. The molecule has 48 heavy (non-hydrogen) atoms. The van der Waals surface area contributed by atoms with E-state index in [9.17, 15) is 18.0 Å². The van der Waals surface area contributed by atoms with Crippen LogP contribution in [-0.4, -0.2) is 84.7 Å². The van der Waals surface area contributed by atoms with Crippen LogP contribution in [0.15, 0.2) is 27.4 Å². The number of thiazole rings is 1. The third-order valence-electron chi connectivity index (χ3n) is 7.31. The molecule has 1 atom stereocenters. The molecule has 1 amide bonds. The molecular weight excluding hydrogens is 669 g/mol. The van der Waals surface area contributed by atoms with Crippen molar-refractivity contribution < 1.29 is 22.7 Å². The molecule has 1 aliphatic rings. The second-order valence-electron chi connectivity index (χ2n) is 12.4. The summed E-state index contributed by atoms with van der Waals surface area (Å²) in [5, 5.41) is 8.45. The standard InChI is InChI=1S/C26H40N6O3S3.C6H12O2.C2H6/c1-8-21(9-2)24(33)30-26-29-20(7)25(37-26)38(34,35)32-13-11-31(12-14-32)15-18(5)28-23(27-10-3)22-19(6)17(4)16-36-22;1-5(7)8-6(2,3)4;1-2/h10,16,18,21H,3,8-9,11-15H2,1-2,4-7H3,(H,27,28)(H,29,30,33);1-4H3;1-2H3/t18-;;/m0../s1. The van der Waals surface area contributed by atoms with Gasteiger partial charge in [-0.15, -0.1) is 11.3 Å². The van der Waals surface area contributed by atoms with Gasteiger partial charge < -0.3 is 15.4 Å². The predicted octanol–water partition coefficient (Wildman–Crippen LogP) is 6.75. The molecule has 0 radical (unpaired) electrons. The van der Waals surface area contributed by atoms with Crippen LogP contribution < -0.4 is 10.6 Å². The van der Waals surface area contributed by atoms with E-state index < -0.39 is 10.0 Å². The van der Waals surface area contributed by atoms with Crippen LogP contribution in [0.5, 0.6) is 0 Å². The molecule has 3 heterocycles. The summed E-state index contributed by atoms with van der Waals surface area (Å²) in [5.41, 5.74) is 2.55. The molecule has 0 unspecified atom stereocenters. The lowest BCUT2D eigenvalue weighted by Gasteiger charge is -2.34. The summed E-state index contributed by atoms with van der Waals surface area (Å²) < 4.78 is 33.4. The average molecular weight is 727 g/mol. The van der Waals surface area contributed by atoms with Gasteiger partial charge in [0.2, 0.25) is 5.91 Å². The van der Waals surface area contributed by atoms with Crippen LogP contribution in [0.4, 0.5) is 5.13 Å². The Morgan fingerprint density at radius 2 is 1.71 bits per heavy atom. The number of aliphatic imine (C=N–C) groups is 1. The number of aryl methyl sites for hydroxylation is 2. The highest BCUT2D eigenvalue weighted by molar-refractivity contribution is 7.91. The predicted molar refractivity (Wildman–Crippen MR) is 201 cm³/mol. The zero-order valence-corrected chi connectivity index (χ0v) is 33.5. The van der Waals surface area contributed by atoms with Gasteiger partial charge in [-0.2, -0.15) is 4.31 Å². The minimum absolute atomic E-state index is 0.0207. The molecule has 272 valence electrons. The Kier molecular flexibility index (Phi) is 18.2. The molecule has 11 nitrogen and oxygen atoms in total. The Morgan fingerprint density at radius 1 is 1.12 bits per heavy atom. The number of ether oxygens (including phenoxy) is 1. The molecule has 0 aromatic carbocycles. The second kappa shape index (κ2) is 20.1. The fourth-order valence-electron chi connectivity index (χ4n) is 4.87. The number of thiophene rings is 1. The van der Waals surface area contributed by atoms with Crippen LogP contribution in [0.2, 0.25) is 0 Å². The summed E-state index contributed by atoms with van der Waals surface area (Å²) >= 11 is 2.70. The van der Waals surface area contributed by atoms with Crippen molar-refractivity contribution in [1.82, 2.24) is 19.5 Å². The summed E-state index contributed by atoms with van der Waals surface area (Å²) in [7, 11) is -3.69. The van der Waals surface area contributed by atoms with Crippen molar-refractivity contribution in [1.29, 1.82) is 0 Å². The van der Waals surface area contributed by atoms with Crippen molar-refractivity contribution in [2.75, 3.05) is 38.0 Å². The minimum Gasteiger partial charge on any atom is -0.460 e. The molecule has 2 N–H and O–H groups in total. The van der Waals surface area contributed by atoms with E-state index in [2.05, 4.69) is 53.2 Å². The lowest BCUT2D eigenvalue weighted by molar-refractivity contribution is -0.151. The van der Waals surface area contributed by atoms with Crippen LogP contribution >= 0.6 is 22.7 Å². The minimum atomic E-state index is -3.69. The average Bonchev–Trinajstić information content (AvgIpc) is 3.54. The lowest BCUT2D eigenvalue weighted by Crippen LogP contribution is -2.50. The molecule has 2 aromatic rings. The van der Waals surface area contributed by atoms with Crippen molar-refractivity contribution in [3.8, 4) is 0 Å². The normalized spacial score (nSPS) is 15.1. The van der Waals surface area contributed by atoms with Crippen LogP contribution in [0.3, 0.4) is 0 Å². The maximum absolute atomic E-state index is 13.4. The van der Waals surface area contributed by atoms with E-state index >= 15 is 0 Å².